The lowest BCUT2D eigenvalue weighted by Crippen LogP contribution is -3.00. The van der Waals surface area contributed by atoms with Crippen molar-refractivity contribution in [3.8, 4) is 5.75 Å². The van der Waals surface area contributed by atoms with Gasteiger partial charge in [0.1, 0.15) is 12.3 Å². The van der Waals surface area contributed by atoms with Crippen molar-refractivity contribution < 1.29 is 22.1 Å². The van der Waals surface area contributed by atoms with Crippen molar-refractivity contribution in [3.63, 3.8) is 0 Å². The van der Waals surface area contributed by atoms with Gasteiger partial charge in [-0.1, -0.05) is 116 Å². The van der Waals surface area contributed by atoms with E-state index in [1.807, 2.05) is 19.1 Å². The number of aromatic nitrogens is 1. The largest absolute Gasteiger partial charge is 1.00 e. The SMILES string of the molecule is CCCCCCCCCCCCCCCC[n+]1ccccc1.Cc1ccc(C(C)C)c(O)c1Br.[Cl-]. The Labute approximate surface area is 231 Å². The maximum Gasteiger partial charge on any atom is 0.168 e. The van der Waals surface area contributed by atoms with Crippen LogP contribution in [0.2, 0.25) is 0 Å². The van der Waals surface area contributed by atoms with E-state index in [-0.39, 0.29) is 12.4 Å². The van der Waals surface area contributed by atoms with E-state index >= 15 is 0 Å². The van der Waals surface area contributed by atoms with Gasteiger partial charge in [0.15, 0.2) is 12.4 Å². The van der Waals surface area contributed by atoms with E-state index in [2.05, 4.69) is 71.9 Å². The minimum atomic E-state index is 0. The summed E-state index contributed by atoms with van der Waals surface area (Å²) < 4.78 is 3.11. The van der Waals surface area contributed by atoms with E-state index in [9.17, 15) is 5.11 Å². The van der Waals surface area contributed by atoms with Crippen LogP contribution in [0.15, 0.2) is 47.2 Å². The molecule has 1 N–H and O–H groups in total. The smallest absolute Gasteiger partial charge is 0.168 e. The summed E-state index contributed by atoms with van der Waals surface area (Å²) >= 11 is 3.35. The number of rotatable bonds is 16. The number of phenolic OH excluding ortho intramolecular Hbond substituents is 1. The van der Waals surface area contributed by atoms with E-state index in [1.54, 1.807) is 0 Å². The molecule has 0 aliphatic rings. The Morgan fingerprint density at radius 3 is 1.66 bits per heavy atom. The quantitative estimate of drug-likeness (QED) is 0.170. The molecule has 2 rings (SSSR count). The van der Waals surface area contributed by atoms with E-state index in [0.717, 1.165) is 15.6 Å². The van der Waals surface area contributed by atoms with Crippen molar-refractivity contribution in [3.05, 3.63) is 58.3 Å². The molecule has 0 unspecified atom stereocenters. The van der Waals surface area contributed by atoms with Crippen LogP contribution in [0.3, 0.4) is 0 Å². The van der Waals surface area contributed by atoms with Gasteiger partial charge in [-0.3, -0.25) is 0 Å². The van der Waals surface area contributed by atoms with E-state index in [1.165, 1.54) is 96.4 Å². The van der Waals surface area contributed by atoms with Crippen molar-refractivity contribution in [1.29, 1.82) is 0 Å². The van der Waals surface area contributed by atoms with Gasteiger partial charge in [0.05, 0.1) is 4.47 Å². The zero-order valence-electron chi connectivity index (χ0n) is 22.9. The van der Waals surface area contributed by atoms with Crippen LogP contribution >= 0.6 is 15.9 Å². The van der Waals surface area contributed by atoms with E-state index < -0.39 is 0 Å². The van der Waals surface area contributed by atoms with E-state index in [0.29, 0.717) is 11.7 Å². The zero-order valence-corrected chi connectivity index (χ0v) is 25.2. The first kappa shape index (κ1) is 33.9. The van der Waals surface area contributed by atoms with Gasteiger partial charge >= 0.3 is 0 Å². The van der Waals surface area contributed by atoms with Gasteiger partial charge in [0.2, 0.25) is 0 Å². The van der Waals surface area contributed by atoms with Crippen molar-refractivity contribution >= 4 is 15.9 Å². The second-order valence-corrected chi connectivity index (χ2v) is 10.8. The van der Waals surface area contributed by atoms with Crippen LogP contribution in [0.5, 0.6) is 5.75 Å². The van der Waals surface area contributed by atoms with Crippen LogP contribution in [0.1, 0.15) is 128 Å². The summed E-state index contributed by atoms with van der Waals surface area (Å²) in [6.07, 6.45) is 24.4. The van der Waals surface area contributed by atoms with Crippen LogP contribution in [-0.2, 0) is 6.54 Å². The molecule has 0 saturated heterocycles. The molecule has 1 heterocycles. The van der Waals surface area contributed by atoms with Gasteiger partial charge in [-0.25, -0.2) is 4.57 Å². The number of hydrogen-bond donors (Lipinski definition) is 1. The number of phenols is 1. The highest BCUT2D eigenvalue weighted by atomic mass is 79.9. The fourth-order valence-electron chi connectivity index (χ4n) is 4.22. The van der Waals surface area contributed by atoms with Crippen molar-refractivity contribution in [2.45, 2.75) is 130 Å². The van der Waals surface area contributed by atoms with Gasteiger partial charge in [0, 0.05) is 18.6 Å². The van der Waals surface area contributed by atoms with Gasteiger partial charge < -0.3 is 17.5 Å². The molecular weight excluding hydrogens is 518 g/mol. The maximum absolute atomic E-state index is 9.70. The lowest BCUT2D eigenvalue weighted by molar-refractivity contribution is -0.697. The summed E-state index contributed by atoms with van der Waals surface area (Å²) in [5.74, 6) is 0.742. The summed E-state index contributed by atoms with van der Waals surface area (Å²) in [6, 6.07) is 10.3. The molecule has 0 radical (unpaired) electrons. The molecule has 1 aromatic heterocycles. The third-order valence-electron chi connectivity index (χ3n) is 6.51. The third kappa shape index (κ3) is 16.3. The van der Waals surface area contributed by atoms with Crippen LogP contribution in [0, 0.1) is 6.92 Å². The first-order valence-corrected chi connectivity index (χ1v) is 14.7. The van der Waals surface area contributed by atoms with Crippen LogP contribution in [0.4, 0.5) is 0 Å². The summed E-state index contributed by atoms with van der Waals surface area (Å²) in [4.78, 5) is 0. The van der Waals surface area contributed by atoms with Crippen molar-refractivity contribution in [1.82, 2.24) is 0 Å². The monoisotopic (exact) mass is 567 g/mol. The average molecular weight is 569 g/mol. The highest BCUT2D eigenvalue weighted by molar-refractivity contribution is 9.10. The lowest BCUT2D eigenvalue weighted by Gasteiger charge is -2.10. The number of halogens is 2. The molecule has 1 aromatic carbocycles. The van der Waals surface area contributed by atoms with E-state index in [4.69, 9.17) is 0 Å². The second kappa shape index (κ2) is 22.2. The molecule has 0 atom stereocenters. The van der Waals surface area contributed by atoms with Gasteiger partial charge in [-0.05, 0) is 46.3 Å². The first-order valence-electron chi connectivity index (χ1n) is 13.9. The molecule has 200 valence electrons. The Hall–Kier alpha value is -1.06. The fraction of sp³-hybridized carbons (Fsp3) is 0.645. The number of nitrogens with zero attached hydrogens (tertiary/aromatic N) is 1. The number of unbranched alkanes of at least 4 members (excludes halogenated alkanes) is 13. The molecular formula is C31H51BrClNO. The zero-order chi connectivity index (χ0) is 25.0. The highest BCUT2D eigenvalue weighted by Gasteiger charge is 2.10. The van der Waals surface area contributed by atoms with Crippen molar-refractivity contribution in [2.24, 2.45) is 0 Å². The molecule has 35 heavy (non-hydrogen) atoms. The second-order valence-electron chi connectivity index (χ2n) is 10.00. The minimum absolute atomic E-state index is 0. The number of aromatic hydroxyl groups is 1. The Kier molecular flexibility index (Phi) is 21.5. The van der Waals surface area contributed by atoms with Crippen LogP contribution in [-0.4, -0.2) is 5.11 Å². The summed E-state index contributed by atoms with van der Waals surface area (Å²) in [5, 5.41) is 9.70. The molecule has 0 saturated carbocycles. The number of aryl methyl sites for hydroxylation is 2. The van der Waals surface area contributed by atoms with Gasteiger partial charge in [-0.15, -0.1) is 0 Å². The Balaban J connectivity index is 0.000000753. The maximum atomic E-state index is 9.70. The molecule has 0 fully saturated rings. The normalized spacial score (nSPS) is 10.6. The third-order valence-corrected chi connectivity index (χ3v) is 7.51. The molecule has 0 amide bonds. The molecule has 0 aliphatic carbocycles. The molecule has 0 spiro atoms. The molecule has 0 aliphatic heterocycles. The van der Waals surface area contributed by atoms with Crippen LogP contribution < -0.4 is 17.0 Å². The summed E-state index contributed by atoms with van der Waals surface area (Å²) in [7, 11) is 0. The molecule has 4 heteroatoms. The molecule has 2 aromatic rings. The Bertz CT molecular complexity index is 751. The number of hydrogen-bond acceptors (Lipinski definition) is 1. The number of pyridine rings is 1. The molecule has 2 nitrogen and oxygen atoms in total. The average Bonchev–Trinajstić information content (AvgIpc) is 2.83. The predicted molar refractivity (Wildman–Crippen MR) is 152 cm³/mol. The first-order chi connectivity index (χ1) is 16.5. The number of benzene rings is 1. The molecule has 0 bridgehead atoms. The summed E-state index contributed by atoms with van der Waals surface area (Å²) in [6.45, 7) is 9.57. The minimum Gasteiger partial charge on any atom is -1.00 e. The van der Waals surface area contributed by atoms with Crippen molar-refractivity contribution in [2.75, 3.05) is 0 Å². The Morgan fingerprint density at radius 2 is 1.20 bits per heavy atom. The Morgan fingerprint density at radius 1 is 0.743 bits per heavy atom. The highest BCUT2D eigenvalue weighted by Crippen LogP contribution is 2.34. The predicted octanol–water partition coefficient (Wildman–Crippen LogP) is 7.05. The van der Waals surface area contributed by atoms with Gasteiger partial charge in [0.25, 0.3) is 0 Å². The van der Waals surface area contributed by atoms with Gasteiger partial charge in [-0.2, -0.15) is 0 Å². The standard InChI is InChI=1S/C21H38N.C10H13BrO.ClH/c1-2-3-4-5-6-7-8-9-10-11-12-13-14-16-19-22-20-17-15-18-21-22;1-6(2)8-5-4-7(3)9(11)10(8)12;/h15,17-18,20-21H,2-14,16,19H2,1H3;4-6,12H,1-3H3;1H/q+1;;/p-1. The van der Waals surface area contributed by atoms with Crippen LogP contribution in [0.25, 0.3) is 0 Å². The lowest BCUT2D eigenvalue weighted by atomic mass is 10.0. The fourth-order valence-corrected chi connectivity index (χ4v) is 4.58. The topological polar surface area (TPSA) is 24.1 Å². The summed E-state index contributed by atoms with van der Waals surface area (Å²) in [5.41, 5.74) is 2.06.